The lowest BCUT2D eigenvalue weighted by molar-refractivity contribution is 0.431. The van der Waals surface area contributed by atoms with Crippen molar-refractivity contribution >= 4 is 21.4 Å². The molecule has 1 aliphatic rings. The van der Waals surface area contributed by atoms with E-state index in [0.29, 0.717) is 28.2 Å². The Hall–Kier alpha value is -2.25. The fourth-order valence-electron chi connectivity index (χ4n) is 2.79. The summed E-state index contributed by atoms with van der Waals surface area (Å²) in [4.78, 5) is 17.5. The van der Waals surface area contributed by atoms with E-state index in [9.17, 15) is 4.79 Å². The highest BCUT2D eigenvalue weighted by Crippen LogP contribution is 2.38. The molecule has 1 atom stereocenters. The molecule has 0 spiro atoms. The zero-order chi connectivity index (χ0) is 16.7. The van der Waals surface area contributed by atoms with Crippen molar-refractivity contribution in [3.8, 4) is 11.3 Å². The molecule has 1 unspecified atom stereocenters. The first-order valence-electron chi connectivity index (χ1n) is 8.02. The molecule has 2 heterocycles. The van der Waals surface area contributed by atoms with E-state index >= 15 is 0 Å². The Labute approximate surface area is 143 Å². The smallest absolute Gasteiger partial charge is 0.275 e. The van der Waals surface area contributed by atoms with Crippen LogP contribution in [0.5, 0.6) is 0 Å². The first kappa shape index (κ1) is 15.3. The highest BCUT2D eigenvalue weighted by atomic mass is 32.1. The first-order valence-corrected chi connectivity index (χ1v) is 8.84. The lowest BCUT2D eigenvalue weighted by Gasteiger charge is -2.24. The molecular formula is C17H19N5OS. The zero-order valence-electron chi connectivity index (χ0n) is 13.4. The Morgan fingerprint density at radius 1 is 1.38 bits per heavy atom. The molecule has 1 fully saturated rings. The Morgan fingerprint density at radius 2 is 2.12 bits per heavy atom. The molecule has 3 aromatic rings. The van der Waals surface area contributed by atoms with Crippen molar-refractivity contribution < 1.29 is 0 Å². The monoisotopic (exact) mass is 341 g/mol. The minimum atomic E-state index is -0.245. The van der Waals surface area contributed by atoms with Crippen LogP contribution >= 0.6 is 11.3 Å². The van der Waals surface area contributed by atoms with Gasteiger partial charge in [0.15, 0.2) is 0 Å². The number of fused-ring (bicyclic) bond motifs is 1. The lowest BCUT2D eigenvalue weighted by atomic mass is 9.98. The molecular weight excluding hydrogens is 322 g/mol. The molecule has 3 N–H and O–H groups in total. The molecule has 0 radical (unpaired) electrons. The van der Waals surface area contributed by atoms with Crippen molar-refractivity contribution in [1.82, 2.24) is 14.6 Å². The van der Waals surface area contributed by atoms with Crippen LogP contribution in [-0.4, -0.2) is 26.7 Å². The minimum absolute atomic E-state index is 0.180. The summed E-state index contributed by atoms with van der Waals surface area (Å²) < 4.78 is 1.34. The van der Waals surface area contributed by atoms with E-state index in [4.69, 9.17) is 5.73 Å². The van der Waals surface area contributed by atoms with Gasteiger partial charge in [-0.1, -0.05) is 41.7 Å². The van der Waals surface area contributed by atoms with Crippen LogP contribution in [0.15, 0.2) is 41.2 Å². The Bertz CT molecular complexity index is 927. The van der Waals surface area contributed by atoms with Crippen LogP contribution < -0.4 is 16.6 Å². The largest absolute Gasteiger partial charge is 0.358 e. The molecule has 1 saturated carbocycles. The summed E-state index contributed by atoms with van der Waals surface area (Å²) in [7, 11) is 0. The summed E-state index contributed by atoms with van der Waals surface area (Å²) in [6.45, 7) is 2.70. The normalized spacial score (nSPS) is 16.9. The van der Waals surface area contributed by atoms with Gasteiger partial charge in [-0.2, -0.15) is 4.52 Å². The van der Waals surface area contributed by atoms with E-state index in [1.54, 1.807) is 0 Å². The van der Waals surface area contributed by atoms with Gasteiger partial charge in [-0.3, -0.25) is 4.79 Å². The van der Waals surface area contributed by atoms with Gasteiger partial charge in [0, 0.05) is 23.7 Å². The zero-order valence-corrected chi connectivity index (χ0v) is 14.2. The maximum atomic E-state index is 12.3. The van der Waals surface area contributed by atoms with Crippen LogP contribution in [0, 0.1) is 5.92 Å². The molecule has 0 amide bonds. The van der Waals surface area contributed by atoms with Crippen LogP contribution in [0.3, 0.4) is 0 Å². The number of nitrogens with one attached hydrogen (secondary N) is 1. The van der Waals surface area contributed by atoms with Crippen LogP contribution in [0.2, 0.25) is 0 Å². The van der Waals surface area contributed by atoms with E-state index in [1.807, 2.05) is 30.3 Å². The summed E-state index contributed by atoms with van der Waals surface area (Å²) >= 11 is 1.37. The Balaban J connectivity index is 1.63. The third-order valence-electron chi connectivity index (χ3n) is 4.45. The molecule has 0 aliphatic heterocycles. The SMILES string of the molecule is CC(N)(CNc1nn2c(=O)cc(-c3ccccc3)nc2s1)C1CC1. The van der Waals surface area contributed by atoms with Gasteiger partial charge in [-0.05, 0) is 25.7 Å². The van der Waals surface area contributed by atoms with E-state index in [2.05, 4.69) is 22.3 Å². The highest BCUT2D eigenvalue weighted by molar-refractivity contribution is 7.20. The molecule has 0 saturated heterocycles. The topological polar surface area (TPSA) is 85.3 Å². The van der Waals surface area contributed by atoms with Crippen LogP contribution in [0.1, 0.15) is 19.8 Å². The van der Waals surface area contributed by atoms with Gasteiger partial charge >= 0.3 is 0 Å². The quantitative estimate of drug-likeness (QED) is 0.744. The van der Waals surface area contributed by atoms with Gasteiger partial charge in [0.25, 0.3) is 5.56 Å². The number of anilines is 1. The van der Waals surface area contributed by atoms with Crippen molar-refractivity contribution in [2.24, 2.45) is 11.7 Å². The third kappa shape index (κ3) is 2.92. The number of rotatable bonds is 5. The number of hydrogen-bond donors (Lipinski definition) is 2. The maximum Gasteiger partial charge on any atom is 0.275 e. The van der Waals surface area contributed by atoms with Crippen molar-refractivity contribution in [2.45, 2.75) is 25.3 Å². The average molecular weight is 341 g/mol. The molecule has 0 bridgehead atoms. The predicted octanol–water partition coefficient (Wildman–Crippen LogP) is 2.36. The summed E-state index contributed by atoms with van der Waals surface area (Å²) in [5.74, 6) is 0.574. The summed E-state index contributed by atoms with van der Waals surface area (Å²) in [6, 6.07) is 11.2. The van der Waals surface area contributed by atoms with Gasteiger partial charge in [-0.25, -0.2) is 4.98 Å². The number of aromatic nitrogens is 3. The second-order valence-corrected chi connectivity index (χ2v) is 7.54. The molecule has 2 aromatic heterocycles. The molecule has 1 aliphatic carbocycles. The fourth-order valence-corrected chi connectivity index (χ4v) is 3.59. The molecule has 4 rings (SSSR count). The van der Waals surface area contributed by atoms with E-state index in [0.717, 1.165) is 5.56 Å². The van der Waals surface area contributed by atoms with Crippen molar-refractivity contribution in [2.75, 3.05) is 11.9 Å². The number of nitrogens with two attached hydrogens (primary N) is 1. The van der Waals surface area contributed by atoms with Gasteiger partial charge in [0.1, 0.15) is 0 Å². The van der Waals surface area contributed by atoms with Gasteiger partial charge in [-0.15, -0.1) is 5.10 Å². The van der Waals surface area contributed by atoms with Gasteiger partial charge in [0.05, 0.1) is 5.69 Å². The number of nitrogens with zero attached hydrogens (tertiary/aromatic N) is 3. The van der Waals surface area contributed by atoms with Crippen LogP contribution in [0.4, 0.5) is 5.13 Å². The van der Waals surface area contributed by atoms with Gasteiger partial charge < -0.3 is 11.1 Å². The van der Waals surface area contributed by atoms with Crippen molar-refractivity contribution in [1.29, 1.82) is 0 Å². The van der Waals surface area contributed by atoms with E-state index in [-0.39, 0.29) is 11.1 Å². The second kappa shape index (κ2) is 5.68. The lowest BCUT2D eigenvalue weighted by Crippen LogP contribution is -2.45. The molecule has 7 heteroatoms. The van der Waals surface area contributed by atoms with Crippen LogP contribution in [0.25, 0.3) is 16.2 Å². The van der Waals surface area contributed by atoms with E-state index < -0.39 is 0 Å². The summed E-state index contributed by atoms with van der Waals surface area (Å²) in [5, 5.41) is 8.26. The summed E-state index contributed by atoms with van der Waals surface area (Å²) in [6.07, 6.45) is 2.38. The average Bonchev–Trinajstić information content (AvgIpc) is 3.35. The first-order chi connectivity index (χ1) is 11.5. The van der Waals surface area contributed by atoms with Crippen molar-refractivity contribution in [3.05, 3.63) is 46.8 Å². The summed E-state index contributed by atoms with van der Waals surface area (Å²) in [5.41, 5.74) is 7.48. The third-order valence-corrected chi connectivity index (χ3v) is 5.31. The predicted molar refractivity (Wildman–Crippen MR) is 96.4 cm³/mol. The number of hydrogen-bond acceptors (Lipinski definition) is 6. The second-order valence-electron chi connectivity index (χ2n) is 6.58. The van der Waals surface area contributed by atoms with Crippen molar-refractivity contribution in [3.63, 3.8) is 0 Å². The fraction of sp³-hybridized carbons (Fsp3) is 0.353. The molecule has 124 valence electrons. The highest BCUT2D eigenvalue weighted by Gasteiger charge is 2.38. The van der Waals surface area contributed by atoms with Crippen LogP contribution in [-0.2, 0) is 0 Å². The Morgan fingerprint density at radius 3 is 2.83 bits per heavy atom. The minimum Gasteiger partial charge on any atom is -0.358 e. The number of benzene rings is 1. The molecule has 24 heavy (non-hydrogen) atoms. The molecule has 1 aromatic carbocycles. The molecule has 6 nitrogen and oxygen atoms in total. The standard InChI is InChI=1S/C17H19N5OS/c1-17(18,12-7-8-12)10-19-15-21-22-14(23)9-13(20-16(22)24-15)11-5-3-2-4-6-11/h2-6,9,12H,7-8,10,18H2,1H3,(H,19,21). The Kier molecular flexibility index (Phi) is 3.62. The van der Waals surface area contributed by atoms with Gasteiger partial charge in [0.2, 0.25) is 10.1 Å². The van der Waals surface area contributed by atoms with E-state index in [1.165, 1.54) is 34.8 Å². The maximum absolute atomic E-state index is 12.3.